The van der Waals surface area contributed by atoms with Crippen LogP contribution >= 0.6 is 0 Å². The lowest BCUT2D eigenvalue weighted by Gasteiger charge is -2.30. The van der Waals surface area contributed by atoms with E-state index in [1.807, 2.05) is 71.5 Å². The molecule has 0 aliphatic carbocycles. The van der Waals surface area contributed by atoms with Gasteiger partial charge in [0.15, 0.2) is 0 Å². The molecule has 30 heavy (non-hydrogen) atoms. The van der Waals surface area contributed by atoms with Crippen molar-refractivity contribution in [3.8, 4) is 16.9 Å². The first kappa shape index (κ1) is 19.6. The van der Waals surface area contributed by atoms with Crippen LogP contribution in [-0.4, -0.2) is 39.6 Å². The number of carbonyl (C=O) groups is 2. The van der Waals surface area contributed by atoms with Crippen molar-refractivity contribution in [2.24, 2.45) is 11.7 Å². The lowest BCUT2D eigenvalue weighted by atomic mass is 9.97. The third-order valence-electron chi connectivity index (χ3n) is 5.35. The molecule has 1 aliphatic rings. The van der Waals surface area contributed by atoms with Gasteiger partial charge in [-0.2, -0.15) is 5.10 Å². The van der Waals surface area contributed by atoms with Gasteiger partial charge in [0.2, 0.25) is 11.8 Å². The highest BCUT2D eigenvalue weighted by Gasteiger charge is 2.26. The lowest BCUT2D eigenvalue weighted by molar-refractivity contribution is -0.130. The van der Waals surface area contributed by atoms with E-state index in [-0.39, 0.29) is 17.7 Å². The summed E-state index contributed by atoms with van der Waals surface area (Å²) in [6.45, 7) is 1.02. The number of nitrogens with two attached hydrogens (primary N) is 1. The van der Waals surface area contributed by atoms with E-state index in [1.54, 1.807) is 17.1 Å². The van der Waals surface area contributed by atoms with Crippen LogP contribution < -0.4 is 5.73 Å². The summed E-state index contributed by atoms with van der Waals surface area (Å²) < 4.78 is 1.82. The zero-order valence-electron chi connectivity index (χ0n) is 16.6. The van der Waals surface area contributed by atoms with E-state index in [0.29, 0.717) is 13.1 Å². The minimum Gasteiger partial charge on any atom is -0.369 e. The molecule has 2 heterocycles. The Morgan fingerprint density at radius 3 is 2.43 bits per heavy atom. The molecule has 1 aromatic heterocycles. The van der Waals surface area contributed by atoms with Crippen LogP contribution in [0.5, 0.6) is 0 Å². The van der Waals surface area contributed by atoms with Gasteiger partial charge in [0.1, 0.15) is 0 Å². The van der Waals surface area contributed by atoms with Crippen molar-refractivity contribution in [3.63, 3.8) is 0 Å². The Balaban J connectivity index is 1.62. The Kier molecular flexibility index (Phi) is 5.75. The van der Waals surface area contributed by atoms with Crippen LogP contribution in [0.2, 0.25) is 0 Å². The number of benzene rings is 2. The number of hydrogen-bond donors (Lipinski definition) is 1. The van der Waals surface area contributed by atoms with Crippen molar-refractivity contribution < 1.29 is 9.59 Å². The van der Waals surface area contributed by atoms with Gasteiger partial charge in [-0.15, -0.1) is 0 Å². The van der Waals surface area contributed by atoms with Crippen LogP contribution in [0.15, 0.2) is 72.9 Å². The maximum Gasteiger partial charge on any atom is 0.246 e. The first-order valence-electron chi connectivity index (χ1n) is 10.1. The molecule has 6 heteroatoms. The largest absolute Gasteiger partial charge is 0.369 e. The summed E-state index contributed by atoms with van der Waals surface area (Å²) in [6, 6.07) is 19.7. The normalized spacial score (nSPS) is 16.7. The Morgan fingerprint density at radius 2 is 1.73 bits per heavy atom. The summed E-state index contributed by atoms with van der Waals surface area (Å²) in [5, 5.41) is 4.76. The van der Waals surface area contributed by atoms with E-state index in [2.05, 4.69) is 0 Å². The van der Waals surface area contributed by atoms with Crippen molar-refractivity contribution in [2.45, 2.75) is 12.8 Å². The summed E-state index contributed by atoms with van der Waals surface area (Å²) in [5.41, 5.74) is 9.01. The SMILES string of the molecule is NC(=O)C1CCCN(C(=O)/C=C/c2cn(-c3ccccc3)nc2-c2ccccc2)C1. The second-order valence-corrected chi connectivity index (χ2v) is 7.44. The first-order valence-corrected chi connectivity index (χ1v) is 10.1. The summed E-state index contributed by atoms with van der Waals surface area (Å²) in [4.78, 5) is 25.9. The number of para-hydroxylation sites is 1. The number of primary amides is 1. The first-order chi connectivity index (χ1) is 14.6. The average Bonchev–Trinajstić information content (AvgIpc) is 3.23. The van der Waals surface area contributed by atoms with Gasteiger partial charge in [0.05, 0.1) is 17.3 Å². The van der Waals surface area contributed by atoms with Crippen LogP contribution in [0.3, 0.4) is 0 Å². The second-order valence-electron chi connectivity index (χ2n) is 7.44. The van der Waals surface area contributed by atoms with Gasteiger partial charge in [0.25, 0.3) is 0 Å². The Hall–Kier alpha value is -3.67. The van der Waals surface area contributed by atoms with Crippen molar-refractivity contribution in [3.05, 3.63) is 78.5 Å². The number of carbonyl (C=O) groups excluding carboxylic acids is 2. The molecule has 4 rings (SSSR count). The van der Waals surface area contributed by atoms with Crippen molar-refractivity contribution in [2.75, 3.05) is 13.1 Å². The predicted octanol–water partition coefficient (Wildman–Crippen LogP) is 3.28. The summed E-state index contributed by atoms with van der Waals surface area (Å²) in [5.74, 6) is -0.726. The minimum absolute atomic E-state index is 0.118. The molecule has 1 atom stereocenters. The maximum absolute atomic E-state index is 12.7. The molecular formula is C24H24N4O2. The van der Waals surface area contributed by atoms with Gasteiger partial charge in [-0.1, -0.05) is 48.5 Å². The molecule has 0 saturated carbocycles. The third kappa shape index (κ3) is 4.33. The molecule has 1 aliphatic heterocycles. The molecule has 0 bridgehead atoms. The van der Waals surface area contributed by atoms with Crippen molar-refractivity contribution in [1.29, 1.82) is 0 Å². The number of piperidine rings is 1. The van der Waals surface area contributed by atoms with Gasteiger partial charge in [-0.25, -0.2) is 4.68 Å². The fraction of sp³-hybridized carbons (Fsp3) is 0.208. The highest BCUT2D eigenvalue weighted by atomic mass is 16.2. The van der Waals surface area contributed by atoms with Gasteiger partial charge >= 0.3 is 0 Å². The molecule has 2 aromatic carbocycles. The fourth-order valence-electron chi connectivity index (χ4n) is 3.72. The number of aromatic nitrogens is 2. The maximum atomic E-state index is 12.7. The number of likely N-dealkylation sites (tertiary alicyclic amines) is 1. The lowest BCUT2D eigenvalue weighted by Crippen LogP contribution is -2.43. The molecule has 3 aromatic rings. The van der Waals surface area contributed by atoms with Crippen LogP contribution in [0.4, 0.5) is 0 Å². The molecule has 6 nitrogen and oxygen atoms in total. The van der Waals surface area contributed by atoms with Crippen LogP contribution in [0.25, 0.3) is 23.0 Å². The van der Waals surface area contributed by atoms with E-state index in [1.165, 1.54) is 0 Å². The van der Waals surface area contributed by atoms with Crippen LogP contribution in [0, 0.1) is 5.92 Å². The summed E-state index contributed by atoms with van der Waals surface area (Å²) in [7, 11) is 0. The molecular weight excluding hydrogens is 376 g/mol. The number of nitrogens with zero attached hydrogens (tertiary/aromatic N) is 3. The molecule has 152 valence electrons. The monoisotopic (exact) mass is 400 g/mol. The second kappa shape index (κ2) is 8.78. The van der Waals surface area contributed by atoms with Gasteiger partial charge in [0, 0.05) is 36.5 Å². The van der Waals surface area contributed by atoms with E-state index in [9.17, 15) is 9.59 Å². The van der Waals surface area contributed by atoms with Crippen molar-refractivity contribution >= 4 is 17.9 Å². The zero-order valence-corrected chi connectivity index (χ0v) is 16.6. The predicted molar refractivity (Wildman–Crippen MR) is 117 cm³/mol. The van der Waals surface area contributed by atoms with E-state index >= 15 is 0 Å². The number of hydrogen-bond acceptors (Lipinski definition) is 3. The summed E-state index contributed by atoms with van der Waals surface area (Å²) >= 11 is 0. The smallest absolute Gasteiger partial charge is 0.246 e. The van der Waals surface area contributed by atoms with Gasteiger partial charge < -0.3 is 10.6 Å². The van der Waals surface area contributed by atoms with E-state index in [0.717, 1.165) is 35.3 Å². The molecule has 2 N–H and O–H groups in total. The molecule has 2 amide bonds. The highest BCUT2D eigenvalue weighted by molar-refractivity contribution is 5.93. The molecule has 1 fully saturated rings. The molecule has 1 unspecified atom stereocenters. The minimum atomic E-state index is -0.341. The topological polar surface area (TPSA) is 81.2 Å². The highest BCUT2D eigenvalue weighted by Crippen LogP contribution is 2.25. The fourth-order valence-corrected chi connectivity index (χ4v) is 3.72. The standard InChI is InChI=1S/C24H24N4O2/c25-24(30)20-10-7-15-27(16-20)22(29)14-13-19-17-28(21-11-5-2-6-12-21)26-23(19)18-8-3-1-4-9-18/h1-6,8-9,11-14,17,20H,7,10,15-16H2,(H2,25,30)/b14-13+. The molecule has 0 spiro atoms. The Morgan fingerprint density at radius 1 is 1.03 bits per heavy atom. The van der Waals surface area contributed by atoms with E-state index < -0.39 is 0 Å². The van der Waals surface area contributed by atoms with Gasteiger partial charge in [-0.3, -0.25) is 9.59 Å². The number of rotatable bonds is 5. The quantitative estimate of drug-likeness (QED) is 0.668. The summed E-state index contributed by atoms with van der Waals surface area (Å²) in [6.07, 6.45) is 6.80. The molecule has 0 radical (unpaired) electrons. The van der Waals surface area contributed by atoms with Crippen LogP contribution in [-0.2, 0) is 9.59 Å². The zero-order chi connectivity index (χ0) is 20.9. The molecule has 1 saturated heterocycles. The Bertz CT molecular complexity index is 1060. The van der Waals surface area contributed by atoms with Crippen molar-refractivity contribution in [1.82, 2.24) is 14.7 Å². The van der Waals surface area contributed by atoms with Crippen LogP contribution in [0.1, 0.15) is 18.4 Å². The van der Waals surface area contributed by atoms with E-state index in [4.69, 9.17) is 10.8 Å². The Labute approximate surface area is 175 Å². The van der Waals surface area contributed by atoms with Gasteiger partial charge in [-0.05, 0) is 31.1 Å². The average molecular weight is 400 g/mol. The third-order valence-corrected chi connectivity index (χ3v) is 5.35. The number of amides is 2.